The Bertz CT molecular complexity index is 672. The van der Waals surface area contributed by atoms with Gasteiger partial charge >= 0.3 is 0 Å². The summed E-state index contributed by atoms with van der Waals surface area (Å²) in [5.74, 6) is -0.372. The van der Waals surface area contributed by atoms with Crippen molar-refractivity contribution in [2.75, 3.05) is 5.73 Å². The van der Waals surface area contributed by atoms with E-state index in [9.17, 15) is 12.8 Å². The first-order valence-electron chi connectivity index (χ1n) is 5.42. The van der Waals surface area contributed by atoms with Crippen molar-refractivity contribution in [2.24, 2.45) is 0 Å². The molecule has 0 aliphatic rings. The molecule has 0 aliphatic heterocycles. The van der Waals surface area contributed by atoms with E-state index >= 15 is 0 Å². The van der Waals surface area contributed by atoms with E-state index in [0.717, 1.165) is 0 Å². The van der Waals surface area contributed by atoms with Crippen LogP contribution in [0.3, 0.4) is 0 Å². The Morgan fingerprint density at radius 2 is 1.89 bits per heavy atom. The SMILES string of the molecule is Nc1ccncc1S(=O)(=O)NCc1ccc(F)cc1. The van der Waals surface area contributed by atoms with Gasteiger partial charge in [0.15, 0.2) is 0 Å². The van der Waals surface area contributed by atoms with Crippen LogP contribution in [0.2, 0.25) is 0 Å². The molecule has 0 saturated heterocycles. The number of benzene rings is 1. The number of aromatic nitrogens is 1. The minimum atomic E-state index is -3.73. The second-order valence-corrected chi connectivity index (χ2v) is 5.60. The highest BCUT2D eigenvalue weighted by molar-refractivity contribution is 7.89. The topological polar surface area (TPSA) is 85.1 Å². The zero-order valence-electron chi connectivity index (χ0n) is 9.88. The third kappa shape index (κ3) is 3.27. The molecule has 0 fully saturated rings. The van der Waals surface area contributed by atoms with E-state index in [0.29, 0.717) is 5.56 Å². The van der Waals surface area contributed by atoms with Gasteiger partial charge in [-0.2, -0.15) is 0 Å². The zero-order valence-corrected chi connectivity index (χ0v) is 10.7. The van der Waals surface area contributed by atoms with Crippen molar-refractivity contribution in [3.63, 3.8) is 0 Å². The van der Waals surface area contributed by atoms with Crippen LogP contribution in [0.4, 0.5) is 10.1 Å². The number of sulfonamides is 1. The summed E-state index contributed by atoms with van der Waals surface area (Å²) in [5.41, 5.74) is 6.36. The Kier molecular flexibility index (Phi) is 3.77. The maximum Gasteiger partial charge on any atom is 0.244 e. The number of hydrogen-bond donors (Lipinski definition) is 2. The van der Waals surface area contributed by atoms with E-state index in [1.165, 1.54) is 42.7 Å². The third-order valence-electron chi connectivity index (χ3n) is 2.49. The summed E-state index contributed by atoms with van der Waals surface area (Å²) >= 11 is 0. The van der Waals surface area contributed by atoms with Crippen molar-refractivity contribution >= 4 is 15.7 Å². The van der Waals surface area contributed by atoms with E-state index in [2.05, 4.69) is 9.71 Å². The molecule has 0 bridgehead atoms. The van der Waals surface area contributed by atoms with Crippen molar-refractivity contribution in [3.05, 3.63) is 54.1 Å². The molecule has 7 heteroatoms. The Morgan fingerprint density at radius 3 is 2.53 bits per heavy atom. The van der Waals surface area contributed by atoms with Gasteiger partial charge in [0.1, 0.15) is 10.7 Å². The number of nitrogens with one attached hydrogen (secondary N) is 1. The van der Waals surface area contributed by atoms with Gasteiger partial charge in [-0.3, -0.25) is 4.98 Å². The number of nitrogens with zero attached hydrogens (tertiary/aromatic N) is 1. The zero-order chi connectivity index (χ0) is 13.9. The Balaban J connectivity index is 2.14. The second-order valence-electron chi connectivity index (χ2n) is 3.86. The molecule has 2 aromatic rings. The predicted molar refractivity (Wildman–Crippen MR) is 69.1 cm³/mol. The first-order valence-corrected chi connectivity index (χ1v) is 6.91. The normalized spacial score (nSPS) is 11.4. The lowest BCUT2D eigenvalue weighted by molar-refractivity contribution is 0.581. The van der Waals surface area contributed by atoms with E-state index in [1.807, 2.05) is 0 Å². The summed E-state index contributed by atoms with van der Waals surface area (Å²) in [6.45, 7) is 0.0525. The van der Waals surface area contributed by atoms with Crippen LogP contribution in [-0.4, -0.2) is 13.4 Å². The van der Waals surface area contributed by atoms with Crippen LogP contribution in [0.5, 0.6) is 0 Å². The quantitative estimate of drug-likeness (QED) is 0.884. The molecule has 0 aliphatic carbocycles. The maximum atomic E-state index is 12.7. The van der Waals surface area contributed by atoms with E-state index in [4.69, 9.17) is 5.73 Å². The Labute approximate surface area is 110 Å². The second kappa shape index (κ2) is 5.33. The molecule has 1 aromatic carbocycles. The molecule has 19 heavy (non-hydrogen) atoms. The van der Waals surface area contributed by atoms with Gasteiger partial charge in [0, 0.05) is 18.9 Å². The van der Waals surface area contributed by atoms with Gasteiger partial charge in [0.05, 0.1) is 5.69 Å². The molecule has 3 N–H and O–H groups in total. The number of halogens is 1. The van der Waals surface area contributed by atoms with Gasteiger partial charge in [-0.25, -0.2) is 17.5 Å². The molecule has 2 rings (SSSR count). The Hall–Kier alpha value is -1.99. The lowest BCUT2D eigenvalue weighted by Crippen LogP contribution is -2.24. The molecule has 0 spiro atoms. The molecule has 0 atom stereocenters. The highest BCUT2D eigenvalue weighted by Gasteiger charge is 2.16. The lowest BCUT2D eigenvalue weighted by Gasteiger charge is -2.08. The fraction of sp³-hybridized carbons (Fsp3) is 0.0833. The lowest BCUT2D eigenvalue weighted by atomic mass is 10.2. The number of nitrogens with two attached hydrogens (primary N) is 1. The minimum Gasteiger partial charge on any atom is -0.398 e. The summed E-state index contributed by atoms with van der Waals surface area (Å²) in [6, 6.07) is 6.95. The summed E-state index contributed by atoms with van der Waals surface area (Å²) in [6.07, 6.45) is 2.59. The summed E-state index contributed by atoms with van der Waals surface area (Å²) in [7, 11) is -3.73. The Morgan fingerprint density at radius 1 is 1.21 bits per heavy atom. The third-order valence-corrected chi connectivity index (χ3v) is 3.93. The molecule has 1 aromatic heterocycles. The van der Waals surface area contributed by atoms with Gasteiger partial charge in [-0.1, -0.05) is 12.1 Å². The number of rotatable bonds is 4. The number of hydrogen-bond acceptors (Lipinski definition) is 4. The number of pyridine rings is 1. The number of nitrogen functional groups attached to an aromatic ring is 1. The first kappa shape index (κ1) is 13.4. The fourth-order valence-corrected chi connectivity index (χ4v) is 2.56. The van der Waals surface area contributed by atoms with Gasteiger partial charge < -0.3 is 5.73 Å². The molecule has 1 heterocycles. The van der Waals surface area contributed by atoms with Crippen molar-refractivity contribution < 1.29 is 12.8 Å². The number of anilines is 1. The van der Waals surface area contributed by atoms with Crippen LogP contribution in [0.1, 0.15) is 5.56 Å². The standard InChI is InChI=1S/C12H12FN3O2S/c13-10-3-1-9(2-4-10)7-16-19(17,18)12-8-15-6-5-11(12)14/h1-6,8,16H,7H2,(H2,14,15). The molecular formula is C12H12FN3O2S. The van der Waals surface area contributed by atoms with Crippen LogP contribution in [0.25, 0.3) is 0 Å². The fourth-order valence-electron chi connectivity index (χ4n) is 1.47. The molecular weight excluding hydrogens is 269 g/mol. The predicted octanol–water partition coefficient (Wildman–Crippen LogP) is 1.28. The van der Waals surface area contributed by atoms with E-state index in [1.54, 1.807) is 0 Å². The monoisotopic (exact) mass is 281 g/mol. The van der Waals surface area contributed by atoms with Crippen molar-refractivity contribution in [1.29, 1.82) is 0 Å². The summed E-state index contributed by atoms with van der Waals surface area (Å²) in [4.78, 5) is 3.66. The highest BCUT2D eigenvalue weighted by atomic mass is 32.2. The van der Waals surface area contributed by atoms with Crippen molar-refractivity contribution in [2.45, 2.75) is 11.4 Å². The van der Waals surface area contributed by atoms with Gasteiger partial charge in [-0.15, -0.1) is 0 Å². The molecule has 100 valence electrons. The van der Waals surface area contributed by atoms with Gasteiger partial charge in [0.25, 0.3) is 0 Å². The van der Waals surface area contributed by atoms with E-state index in [-0.39, 0.29) is 22.9 Å². The summed E-state index contributed by atoms with van der Waals surface area (Å²) in [5, 5.41) is 0. The first-order chi connectivity index (χ1) is 8.99. The van der Waals surface area contributed by atoms with Gasteiger partial charge in [-0.05, 0) is 23.8 Å². The van der Waals surface area contributed by atoms with Crippen LogP contribution >= 0.6 is 0 Å². The van der Waals surface area contributed by atoms with Gasteiger partial charge in [0.2, 0.25) is 10.0 Å². The van der Waals surface area contributed by atoms with Crippen LogP contribution in [-0.2, 0) is 16.6 Å². The molecule has 0 saturated carbocycles. The van der Waals surface area contributed by atoms with E-state index < -0.39 is 10.0 Å². The smallest absolute Gasteiger partial charge is 0.244 e. The minimum absolute atomic E-state index is 0.0525. The van der Waals surface area contributed by atoms with Crippen LogP contribution in [0, 0.1) is 5.82 Å². The molecule has 0 radical (unpaired) electrons. The molecule has 0 amide bonds. The average Bonchev–Trinajstić information content (AvgIpc) is 2.38. The van der Waals surface area contributed by atoms with Crippen molar-refractivity contribution in [3.8, 4) is 0 Å². The highest BCUT2D eigenvalue weighted by Crippen LogP contribution is 2.15. The van der Waals surface area contributed by atoms with Crippen LogP contribution < -0.4 is 10.5 Å². The maximum absolute atomic E-state index is 12.7. The molecule has 0 unspecified atom stereocenters. The van der Waals surface area contributed by atoms with Crippen LogP contribution in [0.15, 0.2) is 47.6 Å². The molecule has 5 nitrogen and oxygen atoms in total. The largest absolute Gasteiger partial charge is 0.398 e. The summed E-state index contributed by atoms with van der Waals surface area (Å²) < 4.78 is 39.1. The van der Waals surface area contributed by atoms with Crippen molar-refractivity contribution in [1.82, 2.24) is 9.71 Å². The average molecular weight is 281 g/mol.